The van der Waals surface area contributed by atoms with Crippen molar-refractivity contribution in [3.63, 3.8) is 0 Å². The molecule has 0 aliphatic carbocycles. The molecule has 3 N–H and O–H groups in total. The monoisotopic (exact) mass is 296 g/mol. The number of nitrogens with one attached hydrogen (secondary N) is 1. The second kappa shape index (κ2) is 4.76. The Hall–Kier alpha value is -1.19. The van der Waals surface area contributed by atoms with E-state index in [0.29, 0.717) is 10.7 Å². The topological polar surface area (TPSA) is 38.0 Å². The lowest BCUT2D eigenvalue weighted by molar-refractivity contribution is 1.52. The summed E-state index contributed by atoms with van der Waals surface area (Å²) in [6.45, 7) is 0. The fraction of sp³-hybridized carbons (Fsp3) is 0. The van der Waals surface area contributed by atoms with Gasteiger partial charge in [-0.15, -0.1) is 0 Å². The summed E-state index contributed by atoms with van der Waals surface area (Å²) in [6.07, 6.45) is 0. The van der Waals surface area contributed by atoms with Gasteiger partial charge in [-0.2, -0.15) is 0 Å². The molecule has 2 aromatic carbocycles. The summed E-state index contributed by atoms with van der Waals surface area (Å²) in [5, 5.41) is 3.89. The minimum absolute atomic E-state index is 0.666. The molecule has 0 bridgehead atoms. The third kappa shape index (κ3) is 2.31. The molecule has 0 saturated carbocycles. The summed E-state index contributed by atoms with van der Waals surface area (Å²) < 4.78 is 0.833. The van der Waals surface area contributed by atoms with Gasteiger partial charge >= 0.3 is 0 Å². The second-order valence-electron chi connectivity index (χ2n) is 3.31. The molecule has 2 nitrogen and oxygen atoms in total. The predicted molar refractivity (Wildman–Crippen MR) is 73.3 cm³/mol. The summed E-state index contributed by atoms with van der Waals surface area (Å²) in [7, 11) is 0. The van der Waals surface area contributed by atoms with Crippen molar-refractivity contribution in [1.29, 1.82) is 0 Å². The maximum absolute atomic E-state index is 6.00. The Balaban J connectivity index is 2.35. The number of hydrogen-bond acceptors (Lipinski definition) is 2. The number of anilines is 3. The Labute approximate surface area is 108 Å². The van der Waals surface area contributed by atoms with Gasteiger partial charge in [0, 0.05) is 0 Å². The van der Waals surface area contributed by atoms with Gasteiger partial charge in [0.15, 0.2) is 0 Å². The Morgan fingerprint density at radius 2 is 1.69 bits per heavy atom. The van der Waals surface area contributed by atoms with Crippen molar-refractivity contribution in [3.05, 3.63) is 52.0 Å². The molecule has 0 unspecified atom stereocenters. The van der Waals surface area contributed by atoms with Crippen LogP contribution < -0.4 is 11.1 Å². The molecule has 0 fully saturated rings. The van der Waals surface area contributed by atoms with Crippen molar-refractivity contribution in [2.45, 2.75) is 0 Å². The van der Waals surface area contributed by atoms with Crippen LogP contribution in [0, 0.1) is 0 Å². The van der Waals surface area contributed by atoms with Crippen LogP contribution in [-0.4, -0.2) is 0 Å². The van der Waals surface area contributed by atoms with Crippen LogP contribution in [0.2, 0.25) is 5.02 Å². The smallest absolute Gasteiger partial charge is 0.0618 e. The number of para-hydroxylation sites is 2. The largest absolute Gasteiger partial charge is 0.397 e. The molecule has 0 aliphatic heterocycles. The number of nitrogens with two attached hydrogens (primary N) is 1. The van der Waals surface area contributed by atoms with E-state index in [0.717, 1.165) is 15.8 Å². The highest BCUT2D eigenvalue weighted by Gasteiger charge is 2.05. The normalized spacial score (nSPS) is 10.1. The molecule has 0 amide bonds. The lowest BCUT2D eigenvalue weighted by Gasteiger charge is -2.11. The molecule has 0 aromatic heterocycles. The lowest BCUT2D eigenvalue weighted by Crippen LogP contribution is -1.96. The zero-order valence-corrected chi connectivity index (χ0v) is 10.7. The third-order valence-electron chi connectivity index (χ3n) is 2.18. The molecule has 0 saturated heterocycles. The maximum atomic E-state index is 6.00. The number of hydrogen-bond donors (Lipinski definition) is 2. The van der Waals surface area contributed by atoms with Crippen molar-refractivity contribution in [1.82, 2.24) is 0 Å². The van der Waals surface area contributed by atoms with Crippen LogP contribution in [0.5, 0.6) is 0 Å². The molecule has 0 radical (unpaired) electrons. The van der Waals surface area contributed by atoms with E-state index in [1.807, 2.05) is 42.5 Å². The first-order valence-electron chi connectivity index (χ1n) is 4.74. The fourth-order valence-corrected chi connectivity index (χ4v) is 1.89. The van der Waals surface area contributed by atoms with E-state index in [4.69, 9.17) is 17.3 Å². The summed E-state index contributed by atoms with van der Waals surface area (Å²) in [4.78, 5) is 0. The van der Waals surface area contributed by atoms with Crippen molar-refractivity contribution in [2.75, 3.05) is 11.1 Å². The molecular formula is C12H10BrClN2. The maximum Gasteiger partial charge on any atom is 0.0618 e. The molecule has 2 rings (SSSR count). The first-order chi connectivity index (χ1) is 7.68. The lowest BCUT2D eigenvalue weighted by atomic mass is 10.2. The minimum Gasteiger partial charge on any atom is -0.397 e. The Morgan fingerprint density at radius 3 is 2.44 bits per heavy atom. The standard InChI is InChI=1S/C12H10BrClN2/c13-12-8(14)4-3-7-11(12)16-10-6-2-1-5-9(10)15/h1-7,16H,15H2. The zero-order valence-electron chi connectivity index (χ0n) is 8.37. The van der Waals surface area contributed by atoms with Gasteiger partial charge < -0.3 is 11.1 Å². The van der Waals surface area contributed by atoms with Gasteiger partial charge in [-0.25, -0.2) is 0 Å². The van der Waals surface area contributed by atoms with E-state index in [2.05, 4.69) is 21.2 Å². The van der Waals surface area contributed by atoms with Gasteiger partial charge in [0.05, 0.1) is 26.6 Å². The van der Waals surface area contributed by atoms with Gasteiger partial charge in [-0.05, 0) is 40.2 Å². The van der Waals surface area contributed by atoms with E-state index in [-0.39, 0.29) is 0 Å². The van der Waals surface area contributed by atoms with Gasteiger partial charge in [-0.3, -0.25) is 0 Å². The summed E-state index contributed by atoms with van der Waals surface area (Å²) in [5.41, 5.74) is 8.31. The molecule has 82 valence electrons. The zero-order chi connectivity index (χ0) is 11.5. The fourth-order valence-electron chi connectivity index (χ4n) is 1.36. The molecule has 0 aliphatic rings. The highest BCUT2D eigenvalue weighted by atomic mass is 79.9. The summed E-state index contributed by atoms with van der Waals surface area (Å²) in [5.74, 6) is 0. The molecule has 0 heterocycles. The van der Waals surface area contributed by atoms with Gasteiger partial charge in [0.2, 0.25) is 0 Å². The van der Waals surface area contributed by atoms with Crippen LogP contribution in [0.3, 0.4) is 0 Å². The SMILES string of the molecule is Nc1ccccc1Nc1cccc(Cl)c1Br. The predicted octanol–water partition coefficient (Wildman–Crippen LogP) is 4.43. The highest BCUT2D eigenvalue weighted by molar-refractivity contribution is 9.10. The molecule has 4 heteroatoms. The molecule has 0 atom stereocenters. The summed E-state index contributed by atoms with van der Waals surface area (Å²) in [6, 6.07) is 13.2. The van der Waals surface area contributed by atoms with Crippen molar-refractivity contribution in [2.24, 2.45) is 0 Å². The number of nitrogen functional groups attached to an aromatic ring is 1. The number of benzene rings is 2. The van der Waals surface area contributed by atoms with E-state index in [1.165, 1.54) is 0 Å². The van der Waals surface area contributed by atoms with Crippen LogP contribution in [0.4, 0.5) is 17.1 Å². The van der Waals surface area contributed by atoms with Crippen LogP contribution in [-0.2, 0) is 0 Å². The Morgan fingerprint density at radius 1 is 1.00 bits per heavy atom. The molecule has 2 aromatic rings. The van der Waals surface area contributed by atoms with Crippen molar-refractivity contribution < 1.29 is 0 Å². The number of rotatable bonds is 2. The quantitative estimate of drug-likeness (QED) is 0.805. The van der Waals surface area contributed by atoms with Crippen molar-refractivity contribution in [3.8, 4) is 0 Å². The molecule has 16 heavy (non-hydrogen) atoms. The van der Waals surface area contributed by atoms with Crippen LogP contribution in [0.15, 0.2) is 46.9 Å². The van der Waals surface area contributed by atoms with Gasteiger partial charge in [-0.1, -0.05) is 29.8 Å². The van der Waals surface area contributed by atoms with E-state index in [9.17, 15) is 0 Å². The van der Waals surface area contributed by atoms with Crippen LogP contribution in [0.1, 0.15) is 0 Å². The van der Waals surface area contributed by atoms with E-state index in [1.54, 1.807) is 0 Å². The average molecular weight is 298 g/mol. The molecule has 0 spiro atoms. The van der Waals surface area contributed by atoms with Gasteiger partial charge in [0.1, 0.15) is 0 Å². The average Bonchev–Trinajstić information content (AvgIpc) is 2.28. The minimum atomic E-state index is 0.666. The van der Waals surface area contributed by atoms with Crippen molar-refractivity contribution >= 4 is 44.6 Å². The number of halogens is 2. The van der Waals surface area contributed by atoms with E-state index < -0.39 is 0 Å². The highest BCUT2D eigenvalue weighted by Crippen LogP contribution is 2.33. The Kier molecular flexibility index (Phi) is 3.36. The van der Waals surface area contributed by atoms with E-state index >= 15 is 0 Å². The van der Waals surface area contributed by atoms with Gasteiger partial charge in [0.25, 0.3) is 0 Å². The Bertz CT molecular complexity index is 514. The van der Waals surface area contributed by atoms with Crippen LogP contribution in [0.25, 0.3) is 0 Å². The first kappa shape index (κ1) is 11.3. The summed E-state index contributed by atoms with van der Waals surface area (Å²) >= 11 is 9.43. The first-order valence-corrected chi connectivity index (χ1v) is 5.91. The molecular weight excluding hydrogens is 288 g/mol. The second-order valence-corrected chi connectivity index (χ2v) is 4.51. The third-order valence-corrected chi connectivity index (χ3v) is 3.58. The van der Waals surface area contributed by atoms with Crippen LogP contribution >= 0.6 is 27.5 Å².